The molecule has 1 aromatic heterocycles. The van der Waals surface area contributed by atoms with Gasteiger partial charge in [0, 0.05) is 29.9 Å². The van der Waals surface area contributed by atoms with E-state index in [4.69, 9.17) is 15.3 Å². The predicted octanol–water partition coefficient (Wildman–Crippen LogP) is 0.0123. The molecule has 42 heavy (non-hydrogen) atoms. The molecule has 0 spiro atoms. The van der Waals surface area contributed by atoms with E-state index in [-0.39, 0.29) is 6.42 Å². The number of thiol groups is 1. The molecule has 16 nitrogen and oxygen atoms in total. The van der Waals surface area contributed by atoms with Gasteiger partial charge in [0.05, 0.1) is 0 Å². The number of carbonyl (C=O) groups is 4. The van der Waals surface area contributed by atoms with Gasteiger partial charge in [0.2, 0.25) is 17.1 Å². The second kappa shape index (κ2) is 12.6. The number of anilines is 1. The van der Waals surface area contributed by atoms with Crippen LogP contribution in [0, 0.1) is 0 Å². The largest absolute Gasteiger partial charge is 0.508 e. The number of carboxylic acid groups (broad SMARTS) is 2. The van der Waals surface area contributed by atoms with Crippen LogP contribution < -0.4 is 21.4 Å². The average Bonchev–Trinajstić information content (AvgIpc) is 2.91. The van der Waals surface area contributed by atoms with E-state index in [0.29, 0.717) is 4.90 Å². The Morgan fingerprint density at radius 3 is 2.26 bits per heavy atom. The summed E-state index contributed by atoms with van der Waals surface area (Å²) in [6.07, 6.45) is -0.723. The van der Waals surface area contributed by atoms with Crippen LogP contribution in [0.15, 0.2) is 33.5 Å². The molecule has 0 saturated heterocycles. The number of nitrogens with zero attached hydrogens (tertiary/aromatic N) is 1. The zero-order valence-electron chi connectivity index (χ0n) is 21.3. The van der Waals surface area contributed by atoms with Crippen LogP contribution in [-0.4, -0.2) is 83.9 Å². The highest BCUT2D eigenvalue weighted by Gasteiger charge is 2.34. The number of hydrogen-bond acceptors (Lipinski definition) is 13. The van der Waals surface area contributed by atoms with Crippen LogP contribution >= 0.6 is 12.6 Å². The first-order valence-electron chi connectivity index (χ1n) is 11.9. The molecule has 0 fully saturated rings. The second-order valence-corrected chi connectivity index (χ2v) is 9.25. The van der Waals surface area contributed by atoms with Crippen LogP contribution in [0.2, 0.25) is 0 Å². The Labute approximate surface area is 240 Å². The van der Waals surface area contributed by atoms with Crippen LogP contribution in [0.4, 0.5) is 5.69 Å². The van der Waals surface area contributed by atoms with E-state index in [2.05, 4.69) is 17.9 Å². The summed E-state index contributed by atoms with van der Waals surface area (Å²) in [7, 11) is 0. The first-order chi connectivity index (χ1) is 19.7. The SMILES string of the molecule is NC(CCC(=O)NC(CS)C(=O)N(CC(=O)O)c1c(-c2oc3cc(O)cc(O)c3c(=O)c2O)ccc(O)c1O)C(=O)O. The molecule has 3 rings (SSSR count). The topological polar surface area (TPSA) is 281 Å². The van der Waals surface area contributed by atoms with E-state index >= 15 is 0 Å². The number of nitrogens with one attached hydrogen (secondary N) is 1. The van der Waals surface area contributed by atoms with Gasteiger partial charge in [-0.3, -0.25) is 28.9 Å². The predicted molar refractivity (Wildman–Crippen MR) is 147 cm³/mol. The van der Waals surface area contributed by atoms with Crippen LogP contribution in [0.1, 0.15) is 12.8 Å². The van der Waals surface area contributed by atoms with E-state index in [1.807, 2.05) is 0 Å². The summed E-state index contributed by atoms with van der Waals surface area (Å²) in [4.78, 5) is 62.0. The van der Waals surface area contributed by atoms with E-state index in [1.54, 1.807) is 0 Å². The Balaban J connectivity index is 2.17. The number of aromatic hydroxyl groups is 5. The van der Waals surface area contributed by atoms with Crippen molar-refractivity contribution < 1.29 is 59.3 Å². The normalized spacial score (nSPS) is 12.4. The van der Waals surface area contributed by atoms with Gasteiger partial charge in [-0.25, -0.2) is 0 Å². The summed E-state index contributed by atoms with van der Waals surface area (Å²) < 4.78 is 5.52. The van der Waals surface area contributed by atoms with Crippen molar-refractivity contribution in [1.29, 1.82) is 0 Å². The van der Waals surface area contributed by atoms with Gasteiger partial charge >= 0.3 is 11.9 Å². The molecule has 0 aliphatic heterocycles. The number of carbonyl (C=O) groups excluding carboxylic acids is 2. The maximum Gasteiger partial charge on any atom is 0.323 e. The number of amides is 2. The molecule has 0 radical (unpaired) electrons. The number of aliphatic carboxylic acids is 2. The van der Waals surface area contributed by atoms with Crippen LogP contribution in [0.3, 0.4) is 0 Å². The summed E-state index contributed by atoms with van der Waals surface area (Å²) in [5, 5.41) is 71.7. The van der Waals surface area contributed by atoms with Crippen molar-refractivity contribution in [3.8, 4) is 40.1 Å². The van der Waals surface area contributed by atoms with Gasteiger partial charge in [0.15, 0.2) is 17.3 Å². The van der Waals surface area contributed by atoms with Gasteiger partial charge in [-0.15, -0.1) is 0 Å². The minimum absolute atomic E-state index is 0.295. The third kappa shape index (κ3) is 6.42. The van der Waals surface area contributed by atoms with Gasteiger partial charge in [-0.05, 0) is 18.6 Å². The fourth-order valence-corrected chi connectivity index (χ4v) is 4.18. The van der Waals surface area contributed by atoms with Crippen molar-refractivity contribution in [2.75, 3.05) is 17.2 Å². The Morgan fingerprint density at radius 2 is 1.67 bits per heavy atom. The van der Waals surface area contributed by atoms with Crippen molar-refractivity contribution >= 4 is 53.0 Å². The van der Waals surface area contributed by atoms with E-state index in [1.165, 1.54) is 0 Å². The highest BCUT2D eigenvalue weighted by molar-refractivity contribution is 7.80. The second-order valence-electron chi connectivity index (χ2n) is 8.88. The van der Waals surface area contributed by atoms with Gasteiger partial charge < -0.3 is 51.2 Å². The molecule has 2 atom stereocenters. The van der Waals surface area contributed by atoms with Crippen LogP contribution in [-0.2, 0) is 19.2 Å². The summed E-state index contributed by atoms with van der Waals surface area (Å²) in [6.45, 7) is -1.19. The monoisotopic (exact) mass is 607 g/mol. The van der Waals surface area contributed by atoms with Gasteiger partial charge in [0.1, 0.15) is 46.8 Å². The molecule has 0 saturated carbocycles. The molecule has 0 bridgehead atoms. The number of carboxylic acids is 2. The smallest absolute Gasteiger partial charge is 0.323 e. The molecule has 10 N–H and O–H groups in total. The first kappa shape index (κ1) is 31.4. The van der Waals surface area contributed by atoms with Crippen LogP contribution in [0.25, 0.3) is 22.3 Å². The maximum absolute atomic E-state index is 13.6. The molecule has 2 aromatic carbocycles. The fourth-order valence-electron chi connectivity index (χ4n) is 3.94. The molecule has 2 unspecified atom stereocenters. The van der Waals surface area contributed by atoms with E-state index in [9.17, 15) is 54.6 Å². The number of fused-ring (bicyclic) bond motifs is 1. The van der Waals surface area contributed by atoms with Crippen molar-refractivity contribution in [2.45, 2.75) is 24.9 Å². The van der Waals surface area contributed by atoms with Crippen molar-refractivity contribution in [2.24, 2.45) is 5.73 Å². The first-order valence-corrected chi connectivity index (χ1v) is 12.5. The zero-order chi connectivity index (χ0) is 31.5. The number of nitrogens with two attached hydrogens (primary N) is 1. The lowest BCUT2D eigenvalue weighted by Crippen LogP contribution is -2.51. The van der Waals surface area contributed by atoms with Crippen LogP contribution in [0.5, 0.6) is 28.7 Å². The summed E-state index contributed by atoms with van der Waals surface area (Å²) in [5.41, 5.74) is 2.48. The third-order valence-corrected chi connectivity index (χ3v) is 6.32. The molecule has 3 aromatic rings. The summed E-state index contributed by atoms with van der Waals surface area (Å²) >= 11 is 4.01. The van der Waals surface area contributed by atoms with Crippen molar-refractivity contribution in [3.63, 3.8) is 0 Å². The number of hydrogen-bond donors (Lipinski definition) is 10. The van der Waals surface area contributed by atoms with Gasteiger partial charge in [-0.1, -0.05) is 0 Å². The Bertz CT molecular complexity index is 1640. The Morgan fingerprint density at radius 1 is 1.00 bits per heavy atom. The summed E-state index contributed by atoms with van der Waals surface area (Å²) in [6, 6.07) is 0.643. The van der Waals surface area contributed by atoms with E-state index in [0.717, 1.165) is 24.3 Å². The zero-order valence-corrected chi connectivity index (χ0v) is 22.2. The maximum atomic E-state index is 13.6. The lowest BCUT2D eigenvalue weighted by Gasteiger charge is -2.28. The standard InChI is InChI=1S/C25H25N3O13S/c26-11(25(39)40)2-4-16(32)27-12(8-42)24(38)28(7-17(33)34)19-10(1-3-13(30)20(19)35)23-22(37)21(36)18-14(31)5-9(29)6-15(18)41-23/h1,3,5-6,11-12,29-31,35,37,42H,2,4,7-8,26H2,(H,27,32)(H,33,34)(H,39,40). The summed E-state index contributed by atoms with van der Waals surface area (Å²) in [5.74, 6) is -10.6. The lowest BCUT2D eigenvalue weighted by molar-refractivity contribution is -0.139. The number of phenols is 4. The highest BCUT2D eigenvalue weighted by atomic mass is 32.1. The highest BCUT2D eigenvalue weighted by Crippen LogP contribution is 2.46. The molecule has 17 heteroatoms. The molecule has 2 amide bonds. The van der Waals surface area contributed by atoms with Crippen molar-refractivity contribution in [1.82, 2.24) is 5.32 Å². The minimum atomic E-state index is -1.63. The number of phenolic OH excluding ortho intramolecular Hbond substituents is 4. The third-order valence-electron chi connectivity index (χ3n) is 5.95. The van der Waals surface area contributed by atoms with E-state index < -0.39 is 117 Å². The van der Waals surface area contributed by atoms with Gasteiger partial charge in [0.25, 0.3) is 5.91 Å². The minimum Gasteiger partial charge on any atom is -0.508 e. The molecule has 0 aliphatic rings. The molecular formula is C25H25N3O13S. The van der Waals surface area contributed by atoms with Crippen molar-refractivity contribution in [3.05, 3.63) is 34.5 Å². The number of benzene rings is 2. The molecule has 1 heterocycles. The molecule has 224 valence electrons. The van der Waals surface area contributed by atoms with Gasteiger partial charge in [-0.2, -0.15) is 12.6 Å². The molecule has 0 aliphatic carbocycles. The fraction of sp³-hybridized carbons (Fsp3) is 0.240. The average molecular weight is 608 g/mol. The quantitative estimate of drug-likeness (QED) is 0.102. The molecular weight excluding hydrogens is 582 g/mol. The number of rotatable bonds is 11. The Hall–Kier alpha value is -5.16. The Kier molecular flexibility index (Phi) is 9.38. The lowest BCUT2D eigenvalue weighted by atomic mass is 10.0.